The van der Waals surface area contributed by atoms with Crippen LogP contribution in [0.25, 0.3) is 0 Å². The predicted molar refractivity (Wildman–Crippen MR) is 89.7 cm³/mol. The zero-order chi connectivity index (χ0) is 17.3. The highest BCUT2D eigenvalue weighted by Crippen LogP contribution is 2.35. The Labute approximate surface area is 141 Å². The van der Waals surface area contributed by atoms with E-state index in [-0.39, 0.29) is 17.5 Å². The molecule has 128 valence electrons. The number of amides is 1. The van der Waals surface area contributed by atoms with Crippen LogP contribution in [0.5, 0.6) is 0 Å². The highest BCUT2D eigenvalue weighted by molar-refractivity contribution is 5.92. The molecular formula is C18H23N3O3. The monoisotopic (exact) mass is 329 g/mol. The number of piperidine rings is 1. The largest absolute Gasteiger partial charge is 0.464 e. The Balaban J connectivity index is 1.91. The fraction of sp³-hybridized carbons (Fsp3) is 0.500. The minimum absolute atomic E-state index is 0.0828. The molecule has 24 heavy (non-hydrogen) atoms. The first kappa shape index (κ1) is 16.5. The standard InChI is InChI=1S/C18H23N3O3/c1-4-13-5-7-16(24-13)15-11-12(2)9-10-21(15)18(23)14-6-8-17(22)20(3)19-14/h5-8,12,15H,4,9-11H2,1-3H3/t12-,15-/m0/s1. The molecule has 0 N–H and O–H groups in total. The lowest BCUT2D eigenvalue weighted by atomic mass is 9.91. The number of furan rings is 1. The summed E-state index contributed by atoms with van der Waals surface area (Å²) >= 11 is 0. The SMILES string of the molecule is CCc1ccc([C@@H]2C[C@@H](C)CCN2C(=O)c2ccc(=O)n(C)n2)o1. The molecule has 1 saturated heterocycles. The second-order valence-electron chi connectivity index (χ2n) is 6.48. The maximum atomic E-state index is 12.9. The molecule has 2 aromatic rings. The third kappa shape index (κ3) is 3.13. The summed E-state index contributed by atoms with van der Waals surface area (Å²) in [6, 6.07) is 6.74. The molecule has 3 heterocycles. The topological polar surface area (TPSA) is 68.3 Å². The maximum absolute atomic E-state index is 12.9. The number of carbonyl (C=O) groups excluding carboxylic acids is 1. The van der Waals surface area contributed by atoms with Crippen molar-refractivity contribution in [3.8, 4) is 0 Å². The number of aryl methyl sites for hydroxylation is 2. The molecule has 0 spiro atoms. The van der Waals surface area contributed by atoms with Gasteiger partial charge in [0.25, 0.3) is 11.5 Å². The summed E-state index contributed by atoms with van der Waals surface area (Å²) in [7, 11) is 1.55. The quantitative estimate of drug-likeness (QED) is 0.868. The second kappa shape index (κ2) is 6.63. The fourth-order valence-electron chi connectivity index (χ4n) is 3.18. The third-order valence-electron chi connectivity index (χ3n) is 4.66. The van der Waals surface area contributed by atoms with Gasteiger partial charge in [-0.2, -0.15) is 5.10 Å². The van der Waals surface area contributed by atoms with E-state index in [1.54, 1.807) is 7.05 Å². The van der Waals surface area contributed by atoms with Gasteiger partial charge in [0.15, 0.2) is 0 Å². The predicted octanol–water partition coefficient (Wildman–Crippen LogP) is 2.55. The molecule has 0 saturated carbocycles. The smallest absolute Gasteiger partial charge is 0.274 e. The molecule has 6 heteroatoms. The molecule has 2 atom stereocenters. The summed E-state index contributed by atoms with van der Waals surface area (Å²) < 4.78 is 7.10. The van der Waals surface area contributed by atoms with E-state index in [2.05, 4.69) is 12.0 Å². The summed E-state index contributed by atoms with van der Waals surface area (Å²) in [6.45, 7) is 4.91. The summed E-state index contributed by atoms with van der Waals surface area (Å²) in [6.07, 6.45) is 2.65. The van der Waals surface area contributed by atoms with Gasteiger partial charge in [-0.15, -0.1) is 0 Å². The number of rotatable bonds is 3. The lowest BCUT2D eigenvalue weighted by molar-refractivity contribution is 0.0510. The van der Waals surface area contributed by atoms with Crippen molar-refractivity contribution < 1.29 is 9.21 Å². The van der Waals surface area contributed by atoms with Gasteiger partial charge in [-0.3, -0.25) is 9.59 Å². The fourth-order valence-corrected chi connectivity index (χ4v) is 3.18. The zero-order valence-corrected chi connectivity index (χ0v) is 14.4. The van der Waals surface area contributed by atoms with Crippen LogP contribution in [0.4, 0.5) is 0 Å². The Morgan fingerprint density at radius 1 is 1.33 bits per heavy atom. The molecule has 0 bridgehead atoms. The van der Waals surface area contributed by atoms with Crippen LogP contribution in [0.3, 0.4) is 0 Å². The Kier molecular flexibility index (Phi) is 4.55. The molecule has 0 unspecified atom stereocenters. The van der Waals surface area contributed by atoms with E-state index >= 15 is 0 Å². The number of hydrogen-bond acceptors (Lipinski definition) is 4. The molecule has 6 nitrogen and oxygen atoms in total. The van der Waals surface area contributed by atoms with Gasteiger partial charge >= 0.3 is 0 Å². The van der Waals surface area contributed by atoms with Crippen LogP contribution in [-0.2, 0) is 13.5 Å². The summed E-state index contributed by atoms with van der Waals surface area (Å²) in [4.78, 5) is 26.3. The summed E-state index contributed by atoms with van der Waals surface area (Å²) in [5.41, 5.74) is 0.0629. The van der Waals surface area contributed by atoms with Gasteiger partial charge in [0.1, 0.15) is 17.2 Å². The lowest BCUT2D eigenvalue weighted by Crippen LogP contribution is -2.41. The molecular weight excluding hydrogens is 306 g/mol. The Morgan fingerprint density at radius 2 is 2.12 bits per heavy atom. The third-order valence-corrected chi connectivity index (χ3v) is 4.66. The zero-order valence-electron chi connectivity index (χ0n) is 14.4. The number of hydrogen-bond donors (Lipinski definition) is 0. The minimum atomic E-state index is -0.228. The molecule has 3 rings (SSSR count). The van der Waals surface area contributed by atoms with E-state index in [1.807, 2.05) is 24.0 Å². The van der Waals surface area contributed by atoms with Crippen molar-refractivity contribution in [2.45, 2.75) is 39.2 Å². The minimum Gasteiger partial charge on any atom is -0.464 e. The highest BCUT2D eigenvalue weighted by atomic mass is 16.3. The lowest BCUT2D eigenvalue weighted by Gasteiger charge is -2.37. The van der Waals surface area contributed by atoms with Crippen LogP contribution in [0.2, 0.25) is 0 Å². The van der Waals surface area contributed by atoms with Crippen molar-refractivity contribution in [1.82, 2.24) is 14.7 Å². The molecule has 2 aromatic heterocycles. The van der Waals surface area contributed by atoms with Crippen molar-refractivity contribution in [3.05, 3.63) is 51.8 Å². The van der Waals surface area contributed by atoms with Gasteiger partial charge < -0.3 is 9.32 Å². The number of aromatic nitrogens is 2. The Hall–Kier alpha value is -2.37. The van der Waals surface area contributed by atoms with Gasteiger partial charge in [0.05, 0.1) is 6.04 Å². The maximum Gasteiger partial charge on any atom is 0.274 e. The van der Waals surface area contributed by atoms with Gasteiger partial charge in [0.2, 0.25) is 0 Å². The number of nitrogens with zero attached hydrogens (tertiary/aromatic N) is 3. The second-order valence-corrected chi connectivity index (χ2v) is 6.48. The number of carbonyl (C=O) groups is 1. The molecule has 0 aliphatic carbocycles. The molecule has 1 amide bonds. The first-order valence-corrected chi connectivity index (χ1v) is 8.43. The van der Waals surface area contributed by atoms with Crippen LogP contribution < -0.4 is 5.56 Å². The van der Waals surface area contributed by atoms with Gasteiger partial charge in [0, 0.05) is 26.1 Å². The Bertz CT molecular complexity index is 793. The van der Waals surface area contributed by atoms with Crippen molar-refractivity contribution in [1.29, 1.82) is 0 Å². The van der Waals surface area contributed by atoms with Gasteiger partial charge in [-0.25, -0.2) is 4.68 Å². The van der Waals surface area contributed by atoms with Crippen molar-refractivity contribution in [3.63, 3.8) is 0 Å². The van der Waals surface area contributed by atoms with E-state index in [9.17, 15) is 9.59 Å². The van der Waals surface area contributed by atoms with Gasteiger partial charge in [-0.1, -0.05) is 13.8 Å². The molecule has 1 aliphatic rings. The van der Waals surface area contributed by atoms with E-state index in [0.29, 0.717) is 18.2 Å². The first-order chi connectivity index (χ1) is 11.5. The van der Waals surface area contributed by atoms with Crippen molar-refractivity contribution in [2.24, 2.45) is 13.0 Å². The van der Waals surface area contributed by atoms with E-state index in [1.165, 1.54) is 16.8 Å². The average Bonchev–Trinajstić information content (AvgIpc) is 3.05. The van der Waals surface area contributed by atoms with E-state index in [0.717, 1.165) is 30.8 Å². The van der Waals surface area contributed by atoms with Crippen LogP contribution >= 0.6 is 0 Å². The van der Waals surface area contributed by atoms with Crippen molar-refractivity contribution in [2.75, 3.05) is 6.54 Å². The number of likely N-dealkylation sites (tertiary alicyclic amines) is 1. The van der Waals surface area contributed by atoms with Crippen LogP contribution in [-0.4, -0.2) is 27.1 Å². The summed E-state index contributed by atoms with van der Waals surface area (Å²) in [5.74, 6) is 2.13. The van der Waals surface area contributed by atoms with E-state index < -0.39 is 0 Å². The highest BCUT2D eigenvalue weighted by Gasteiger charge is 2.34. The van der Waals surface area contributed by atoms with Crippen LogP contribution in [0, 0.1) is 5.92 Å². The normalized spacial score (nSPS) is 21.0. The molecule has 1 aliphatic heterocycles. The van der Waals surface area contributed by atoms with Crippen LogP contribution in [0.15, 0.2) is 33.5 Å². The van der Waals surface area contributed by atoms with Crippen LogP contribution in [0.1, 0.15) is 54.7 Å². The molecule has 1 fully saturated rings. The first-order valence-electron chi connectivity index (χ1n) is 8.43. The molecule has 0 radical (unpaired) electrons. The molecule has 0 aromatic carbocycles. The van der Waals surface area contributed by atoms with E-state index in [4.69, 9.17) is 4.42 Å². The van der Waals surface area contributed by atoms with Gasteiger partial charge in [-0.05, 0) is 37.0 Å². The average molecular weight is 329 g/mol. The summed E-state index contributed by atoms with van der Waals surface area (Å²) in [5, 5.41) is 4.10. The van der Waals surface area contributed by atoms with Crippen molar-refractivity contribution >= 4 is 5.91 Å². The Morgan fingerprint density at radius 3 is 2.79 bits per heavy atom.